The maximum atomic E-state index is 2.74. The molecule has 2 unspecified atom stereocenters. The highest BCUT2D eigenvalue weighted by Crippen LogP contribution is 2.47. The van der Waals surface area contributed by atoms with Gasteiger partial charge in [-0.25, -0.2) is 10.0 Å². The highest BCUT2D eigenvalue weighted by atomic mass is 15.7. The third kappa shape index (κ3) is 2.47. The summed E-state index contributed by atoms with van der Waals surface area (Å²) in [5.41, 5.74) is 0.850. The van der Waals surface area contributed by atoms with Crippen LogP contribution < -0.4 is 0 Å². The topological polar surface area (TPSA) is 6.48 Å². The molecule has 2 fully saturated rings. The molecule has 0 N–H and O–H groups in total. The molecule has 2 rings (SSSR count). The third-order valence-electron chi connectivity index (χ3n) is 5.75. The minimum Gasteiger partial charge on any atom is -0.232 e. The van der Waals surface area contributed by atoms with Crippen molar-refractivity contribution >= 4 is 0 Å². The standard InChI is InChI=1S/C17H34N2/c1-13-9-10-15(3,4)18(14(13)2)19-16(5,6)11-12-17(19,7)8/h13-14H,9-12H2,1-8H3. The van der Waals surface area contributed by atoms with Crippen molar-refractivity contribution in [2.75, 3.05) is 0 Å². The maximum Gasteiger partial charge on any atom is 0.0307 e. The zero-order valence-corrected chi connectivity index (χ0v) is 14.4. The van der Waals surface area contributed by atoms with E-state index in [2.05, 4.69) is 65.4 Å². The van der Waals surface area contributed by atoms with E-state index >= 15 is 0 Å². The van der Waals surface area contributed by atoms with Gasteiger partial charge >= 0.3 is 0 Å². The molecule has 0 saturated carbocycles. The molecular formula is C17H34N2. The van der Waals surface area contributed by atoms with Gasteiger partial charge < -0.3 is 0 Å². The minimum atomic E-state index is 0.283. The van der Waals surface area contributed by atoms with Crippen LogP contribution in [0.1, 0.15) is 81.1 Å². The first-order chi connectivity index (χ1) is 8.49. The summed E-state index contributed by atoms with van der Waals surface area (Å²) in [6.07, 6.45) is 5.27. The Balaban J connectivity index is 2.41. The van der Waals surface area contributed by atoms with E-state index in [4.69, 9.17) is 0 Å². The quantitative estimate of drug-likeness (QED) is 0.691. The van der Waals surface area contributed by atoms with Crippen LogP contribution in [-0.2, 0) is 0 Å². The van der Waals surface area contributed by atoms with Crippen LogP contribution in [0.25, 0.3) is 0 Å². The molecule has 0 spiro atoms. The number of hydrazine groups is 1. The summed E-state index contributed by atoms with van der Waals surface area (Å²) in [5, 5.41) is 5.48. The molecule has 0 bridgehead atoms. The fourth-order valence-electron chi connectivity index (χ4n) is 4.41. The normalized spacial score (nSPS) is 38.5. The summed E-state index contributed by atoms with van der Waals surface area (Å²) in [6.45, 7) is 19.4. The first-order valence-electron chi connectivity index (χ1n) is 8.09. The minimum absolute atomic E-state index is 0.283. The van der Waals surface area contributed by atoms with E-state index in [1.165, 1.54) is 25.7 Å². The first kappa shape index (κ1) is 15.3. The van der Waals surface area contributed by atoms with Gasteiger partial charge in [0.25, 0.3) is 0 Å². The summed E-state index contributed by atoms with van der Waals surface area (Å²) in [4.78, 5) is 0. The summed E-state index contributed by atoms with van der Waals surface area (Å²) in [7, 11) is 0. The Kier molecular flexibility index (Phi) is 3.59. The Morgan fingerprint density at radius 3 is 1.68 bits per heavy atom. The number of hydrogen-bond acceptors (Lipinski definition) is 2. The van der Waals surface area contributed by atoms with Crippen molar-refractivity contribution in [3.8, 4) is 0 Å². The highest BCUT2D eigenvalue weighted by molar-refractivity contribution is 5.03. The smallest absolute Gasteiger partial charge is 0.0307 e. The lowest BCUT2D eigenvalue weighted by molar-refractivity contribution is -0.221. The lowest BCUT2D eigenvalue weighted by Gasteiger charge is -2.59. The number of hydrogen-bond donors (Lipinski definition) is 0. The van der Waals surface area contributed by atoms with Gasteiger partial charge in [0.15, 0.2) is 0 Å². The average molecular weight is 266 g/mol. The molecule has 2 saturated heterocycles. The van der Waals surface area contributed by atoms with Gasteiger partial charge in [0.2, 0.25) is 0 Å². The molecule has 2 nitrogen and oxygen atoms in total. The molecule has 0 aromatic rings. The first-order valence-corrected chi connectivity index (χ1v) is 8.09. The van der Waals surface area contributed by atoms with E-state index < -0.39 is 0 Å². The molecule has 0 aliphatic carbocycles. The average Bonchev–Trinajstić information content (AvgIpc) is 2.47. The van der Waals surface area contributed by atoms with Gasteiger partial charge in [0.1, 0.15) is 0 Å². The SMILES string of the molecule is CC1CCC(C)(C)N(N2C(C)(C)CCC2(C)C)C1C. The van der Waals surface area contributed by atoms with Gasteiger partial charge in [-0.1, -0.05) is 6.92 Å². The van der Waals surface area contributed by atoms with Gasteiger partial charge in [-0.2, -0.15) is 0 Å². The summed E-state index contributed by atoms with van der Waals surface area (Å²) in [6, 6.07) is 0.639. The van der Waals surface area contributed by atoms with Crippen molar-refractivity contribution in [2.24, 2.45) is 5.92 Å². The molecule has 0 radical (unpaired) electrons. The molecule has 0 aromatic heterocycles. The second kappa shape index (κ2) is 4.46. The fourth-order valence-corrected chi connectivity index (χ4v) is 4.41. The van der Waals surface area contributed by atoms with E-state index in [0.29, 0.717) is 6.04 Å². The van der Waals surface area contributed by atoms with Crippen molar-refractivity contribution in [2.45, 2.75) is 104 Å². The van der Waals surface area contributed by atoms with Crippen molar-refractivity contribution in [3.05, 3.63) is 0 Å². The van der Waals surface area contributed by atoms with E-state index in [9.17, 15) is 0 Å². The molecular weight excluding hydrogens is 232 g/mol. The Morgan fingerprint density at radius 1 is 0.737 bits per heavy atom. The maximum absolute atomic E-state index is 2.74. The molecule has 112 valence electrons. The van der Waals surface area contributed by atoms with Crippen LogP contribution >= 0.6 is 0 Å². The van der Waals surface area contributed by atoms with Gasteiger partial charge in [-0.05, 0) is 80.1 Å². The molecule has 0 amide bonds. The molecule has 2 heteroatoms. The zero-order chi connectivity index (χ0) is 14.6. The number of piperidine rings is 1. The van der Waals surface area contributed by atoms with Crippen LogP contribution in [0.2, 0.25) is 0 Å². The Bertz CT molecular complexity index is 327. The van der Waals surface area contributed by atoms with Crippen LogP contribution in [0, 0.1) is 5.92 Å². The molecule has 2 aliphatic rings. The lowest BCUT2D eigenvalue weighted by Crippen LogP contribution is -2.69. The van der Waals surface area contributed by atoms with Gasteiger partial charge in [-0.3, -0.25) is 0 Å². The predicted octanol–water partition coefficient (Wildman–Crippen LogP) is 4.45. The zero-order valence-electron chi connectivity index (χ0n) is 14.4. The van der Waals surface area contributed by atoms with Gasteiger partial charge in [0.05, 0.1) is 0 Å². The predicted molar refractivity (Wildman–Crippen MR) is 83.0 cm³/mol. The monoisotopic (exact) mass is 266 g/mol. The van der Waals surface area contributed by atoms with Gasteiger partial charge in [0, 0.05) is 22.7 Å². The molecule has 2 aliphatic heterocycles. The van der Waals surface area contributed by atoms with Crippen LogP contribution in [0.15, 0.2) is 0 Å². The highest BCUT2D eigenvalue weighted by Gasteiger charge is 2.53. The van der Waals surface area contributed by atoms with Crippen molar-refractivity contribution in [3.63, 3.8) is 0 Å². The van der Waals surface area contributed by atoms with E-state index in [0.717, 1.165) is 5.92 Å². The second-order valence-electron chi connectivity index (χ2n) is 8.85. The largest absolute Gasteiger partial charge is 0.232 e. The van der Waals surface area contributed by atoms with Crippen molar-refractivity contribution in [1.29, 1.82) is 0 Å². The van der Waals surface area contributed by atoms with Crippen LogP contribution in [0.4, 0.5) is 0 Å². The Labute approximate surface area is 120 Å². The van der Waals surface area contributed by atoms with Gasteiger partial charge in [-0.15, -0.1) is 0 Å². The molecule has 2 atom stereocenters. The van der Waals surface area contributed by atoms with Crippen LogP contribution in [0.5, 0.6) is 0 Å². The summed E-state index contributed by atoms with van der Waals surface area (Å²) < 4.78 is 0. The number of rotatable bonds is 1. The van der Waals surface area contributed by atoms with E-state index in [1.807, 2.05) is 0 Å². The molecule has 19 heavy (non-hydrogen) atoms. The van der Waals surface area contributed by atoms with Crippen LogP contribution in [0.3, 0.4) is 0 Å². The van der Waals surface area contributed by atoms with Crippen molar-refractivity contribution < 1.29 is 0 Å². The fraction of sp³-hybridized carbons (Fsp3) is 1.00. The third-order valence-corrected chi connectivity index (χ3v) is 5.75. The Hall–Kier alpha value is -0.0800. The van der Waals surface area contributed by atoms with Crippen LogP contribution in [-0.4, -0.2) is 32.7 Å². The Morgan fingerprint density at radius 2 is 1.21 bits per heavy atom. The molecule has 2 heterocycles. The lowest BCUT2D eigenvalue weighted by atomic mass is 9.81. The van der Waals surface area contributed by atoms with Crippen molar-refractivity contribution in [1.82, 2.24) is 10.0 Å². The van der Waals surface area contributed by atoms with E-state index in [-0.39, 0.29) is 16.6 Å². The number of nitrogens with zero attached hydrogens (tertiary/aromatic N) is 2. The summed E-state index contributed by atoms with van der Waals surface area (Å²) in [5.74, 6) is 0.792. The van der Waals surface area contributed by atoms with E-state index in [1.54, 1.807) is 0 Å². The second-order valence-corrected chi connectivity index (χ2v) is 8.85. The molecule has 0 aromatic carbocycles. The summed E-state index contributed by atoms with van der Waals surface area (Å²) >= 11 is 0.